The fourth-order valence-corrected chi connectivity index (χ4v) is 3.24. The summed E-state index contributed by atoms with van der Waals surface area (Å²) in [7, 11) is 0. The average molecular weight is 269 g/mol. The Morgan fingerprint density at radius 2 is 2.44 bits per heavy atom. The molecule has 102 valence electrons. The van der Waals surface area contributed by atoms with Crippen LogP contribution in [0.3, 0.4) is 0 Å². The molecule has 5 heteroatoms. The number of hydrogen-bond donors (Lipinski definition) is 1. The third-order valence-corrected chi connectivity index (χ3v) is 4.51. The second-order valence-electron chi connectivity index (χ2n) is 4.65. The van der Waals surface area contributed by atoms with Crippen LogP contribution in [0.2, 0.25) is 0 Å². The first-order valence-corrected chi connectivity index (χ1v) is 7.90. The molecule has 1 unspecified atom stereocenters. The predicted octanol–water partition coefficient (Wildman–Crippen LogP) is 2.51. The van der Waals surface area contributed by atoms with Gasteiger partial charge in [-0.3, -0.25) is 0 Å². The molecule has 1 saturated heterocycles. The molecule has 0 amide bonds. The van der Waals surface area contributed by atoms with E-state index >= 15 is 0 Å². The van der Waals surface area contributed by atoms with Gasteiger partial charge in [-0.25, -0.2) is 0 Å². The van der Waals surface area contributed by atoms with Gasteiger partial charge in [-0.15, -0.1) is 0 Å². The van der Waals surface area contributed by atoms with Crippen LogP contribution in [0.25, 0.3) is 0 Å². The van der Waals surface area contributed by atoms with Crippen LogP contribution in [0.4, 0.5) is 6.01 Å². The second kappa shape index (κ2) is 7.04. The Morgan fingerprint density at radius 3 is 3.22 bits per heavy atom. The van der Waals surface area contributed by atoms with Crippen LogP contribution in [0.1, 0.15) is 32.4 Å². The fraction of sp³-hybridized carbons (Fsp3) is 0.769. The Morgan fingerprint density at radius 1 is 1.56 bits per heavy atom. The predicted molar refractivity (Wildman–Crippen MR) is 77.3 cm³/mol. The van der Waals surface area contributed by atoms with Crippen LogP contribution >= 0.6 is 11.8 Å². The van der Waals surface area contributed by atoms with Gasteiger partial charge in [0.15, 0.2) is 0 Å². The zero-order valence-corrected chi connectivity index (χ0v) is 12.1. The highest BCUT2D eigenvalue weighted by atomic mass is 32.2. The third kappa shape index (κ3) is 3.65. The van der Waals surface area contributed by atoms with Gasteiger partial charge < -0.3 is 14.6 Å². The number of rotatable bonds is 6. The SMILES string of the molecule is CCCNCc1coc(N2CCSC(CC)C2)n1. The molecule has 0 spiro atoms. The Labute approximate surface area is 114 Å². The average Bonchev–Trinajstić information content (AvgIpc) is 2.88. The summed E-state index contributed by atoms with van der Waals surface area (Å²) in [5.41, 5.74) is 1.00. The molecule has 0 saturated carbocycles. The van der Waals surface area contributed by atoms with E-state index in [9.17, 15) is 0 Å². The van der Waals surface area contributed by atoms with Gasteiger partial charge in [0.25, 0.3) is 6.01 Å². The molecule has 0 bridgehead atoms. The van der Waals surface area contributed by atoms with Crippen molar-refractivity contribution in [2.24, 2.45) is 0 Å². The van der Waals surface area contributed by atoms with Crippen molar-refractivity contribution >= 4 is 17.8 Å². The van der Waals surface area contributed by atoms with E-state index in [1.165, 1.54) is 12.2 Å². The number of nitrogens with zero attached hydrogens (tertiary/aromatic N) is 2. The van der Waals surface area contributed by atoms with E-state index < -0.39 is 0 Å². The molecule has 4 nitrogen and oxygen atoms in total. The van der Waals surface area contributed by atoms with Gasteiger partial charge in [-0.2, -0.15) is 16.7 Å². The Kier molecular flexibility index (Phi) is 5.38. The summed E-state index contributed by atoms with van der Waals surface area (Å²) < 4.78 is 5.59. The van der Waals surface area contributed by atoms with Gasteiger partial charge in [0.2, 0.25) is 0 Å². The minimum absolute atomic E-state index is 0.715. The van der Waals surface area contributed by atoms with Crippen LogP contribution < -0.4 is 10.2 Å². The molecule has 1 fully saturated rings. The van der Waals surface area contributed by atoms with E-state index in [0.717, 1.165) is 44.3 Å². The summed E-state index contributed by atoms with van der Waals surface area (Å²) in [4.78, 5) is 6.83. The van der Waals surface area contributed by atoms with E-state index in [2.05, 4.69) is 40.8 Å². The molecule has 18 heavy (non-hydrogen) atoms. The topological polar surface area (TPSA) is 41.3 Å². The van der Waals surface area contributed by atoms with Gasteiger partial charge in [0.1, 0.15) is 6.26 Å². The number of anilines is 1. The molecule has 1 aromatic heterocycles. The largest absolute Gasteiger partial charge is 0.432 e. The van der Waals surface area contributed by atoms with Crippen LogP contribution in [-0.2, 0) is 6.54 Å². The number of nitrogens with one attached hydrogen (secondary N) is 1. The van der Waals surface area contributed by atoms with E-state index in [1.54, 1.807) is 6.26 Å². The zero-order valence-electron chi connectivity index (χ0n) is 11.3. The summed E-state index contributed by atoms with van der Waals surface area (Å²) in [6, 6.07) is 0.794. The van der Waals surface area contributed by atoms with Crippen LogP contribution in [0.5, 0.6) is 0 Å². The van der Waals surface area contributed by atoms with Crippen LogP contribution in [0, 0.1) is 0 Å². The van der Waals surface area contributed by atoms with Crippen LogP contribution in [0.15, 0.2) is 10.7 Å². The van der Waals surface area contributed by atoms with Crippen molar-refractivity contribution in [2.45, 2.75) is 38.5 Å². The standard InChI is InChI=1S/C13H23N3OS/c1-3-5-14-8-11-10-17-13(15-11)16-6-7-18-12(4-2)9-16/h10,12,14H,3-9H2,1-2H3. The van der Waals surface area contributed by atoms with Gasteiger partial charge >= 0.3 is 0 Å². The quantitative estimate of drug-likeness (QED) is 0.804. The second-order valence-corrected chi connectivity index (χ2v) is 6.05. The highest BCUT2D eigenvalue weighted by molar-refractivity contribution is 8.00. The molecule has 1 atom stereocenters. The Bertz CT molecular complexity index is 356. The number of hydrogen-bond acceptors (Lipinski definition) is 5. The van der Waals surface area contributed by atoms with Gasteiger partial charge in [0.05, 0.1) is 5.69 Å². The number of oxazole rings is 1. The Hall–Kier alpha value is -0.680. The van der Waals surface area contributed by atoms with E-state index in [1.807, 2.05) is 0 Å². The molecular formula is C13H23N3OS. The van der Waals surface area contributed by atoms with Crippen molar-refractivity contribution in [3.05, 3.63) is 12.0 Å². The molecule has 1 aliphatic rings. The van der Waals surface area contributed by atoms with Crippen molar-refractivity contribution in [3.8, 4) is 0 Å². The summed E-state index contributed by atoms with van der Waals surface area (Å²) >= 11 is 2.06. The van der Waals surface area contributed by atoms with Crippen molar-refractivity contribution in [1.82, 2.24) is 10.3 Å². The van der Waals surface area contributed by atoms with Crippen molar-refractivity contribution < 1.29 is 4.42 Å². The normalized spacial score (nSPS) is 20.3. The van der Waals surface area contributed by atoms with Crippen molar-refractivity contribution in [2.75, 3.05) is 30.3 Å². The molecule has 0 radical (unpaired) electrons. The highest BCUT2D eigenvalue weighted by Crippen LogP contribution is 2.25. The van der Waals surface area contributed by atoms with Gasteiger partial charge in [0, 0.05) is 30.6 Å². The first kappa shape index (κ1) is 13.7. The molecular weight excluding hydrogens is 246 g/mol. The molecule has 2 rings (SSSR count). The van der Waals surface area contributed by atoms with Gasteiger partial charge in [-0.1, -0.05) is 13.8 Å². The molecule has 2 heterocycles. The first-order valence-electron chi connectivity index (χ1n) is 6.85. The maximum Gasteiger partial charge on any atom is 0.297 e. The maximum absolute atomic E-state index is 5.59. The summed E-state index contributed by atoms with van der Waals surface area (Å²) in [6.07, 6.45) is 4.14. The molecule has 0 aromatic carbocycles. The number of thioether (sulfide) groups is 1. The summed E-state index contributed by atoms with van der Waals surface area (Å²) in [5.74, 6) is 1.17. The van der Waals surface area contributed by atoms with E-state index in [0.29, 0.717) is 5.25 Å². The minimum atomic E-state index is 0.715. The van der Waals surface area contributed by atoms with Crippen molar-refractivity contribution in [3.63, 3.8) is 0 Å². The highest BCUT2D eigenvalue weighted by Gasteiger charge is 2.22. The zero-order chi connectivity index (χ0) is 12.8. The van der Waals surface area contributed by atoms with E-state index in [-0.39, 0.29) is 0 Å². The van der Waals surface area contributed by atoms with Crippen molar-refractivity contribution in [1.29, 1.82) is 0 Å². The minimum Gasteiger partial charge on any atom is -0.432 e. The molecule has 0 aliphatic carbocycles. The van der Waals surface area contributed by atoms with Crippen LogP contribution in [-0.4, -0.2) is 35.6 Å². The fourth-order valence-electron chi connectivity index (χ4n) is 2.06. The molecule has 1 aliphatic heterocycles. The monoisotopic (exact) mass is 269 g/mol. The lowest BCUT2D eigenvalue weighted by Gasteiger charge is -2.30. The number of aromatic nitrogens is 1. The van der Waals surface area contributed by atoms with Gasteiger partial charge in [-0.05, 0) is 19.4 Å². The molecule has 1 N–H and O–H groups in total. The van der Waals surface area contributed by atoms with E-state index in [4.69, 9.17) is 4.42 Å². The lowest BCUT2D eigenvalue weighted by Crippen LogP contribution is -2.37. The third-order valence-electron chi connectivity index (χ3n) is 3.14. The lowest BCUT2D eigenvalue weighted by molar-refractivity contribution is 0.529. The maximum atomic E-state index is 5.59. The first-order chi connectivity index (χ1) is 8.83. The smallest absolute Gasteiger partial charge is 0.297 e. The lowest BCUT2D eigenvalue weighted by atomic mass is 10.3. The summed E-state index contributed by atoms with van der Waals surface area (Å²) in [6.45, 7) is 8.35. The summed E-state index contributed by atoms with van der Waals surface area (Å²) in [5, 5.41) is 4.06. The molecule has 1 aromatic rings. The Balaban J connectivity index is 1.88.